The maximum atomic E-state index is 6.04. The molecule has 106 valence electrons. The number of aromatic nitrogens is 2. The lowest BCUT2D eigenvalue weighted by atomic mass is 10.1. The Labute approximate surface area is 132 Å². The van der Waals surface area contributed by atoms with Gasteiger partial charge in [0.2, 0.25) is 5.88 Å². The number of hydrogen-bond donors (Lipinski definition) is 0. The van der Waals surface area contributed by atoms with Gasteiger partial charge in [-0.3, -0.25) is 0 Å². The fourth-order valence-electron chi connectivity index (χ4n) is 1.99. The number of ether oxygens (including phenoxy) is 1. The molecular formula is C15H16BrClN2O. The Morgan fingerprint density at radius 1 is 1.10 bits per heavy atom. The van der Waals surface area contributed by atoms with E-state index < -0.39 is 0 Å². The van der Waals surface area contributed by atoms with Crippen LogP contribution in [0.15, 0.2) is 22.7 Å². The molecule has 0 aliphatic rings. The summed E-state index contributed by atoms with van der Waals surface area (Å²) in [6, 6.07) is 5.87. The predicted molar refractivity (Wildman–Crippen MR) is 84.8 cm³/mol. The van der Waals surface area contributed by atoms with Crippen molar-refractivity contribution in [2.45, 2.75) is 33.6 Å². The summed E-state index contributed by atoms with van der Waals surface area (Å²) < 4.78 is 6.92. The first-order chi connectivity index (χ1) is 9.38. The summed E-state index contributed by atoms with van der Waals surface area (Å²) in [7, 11) is 0. The zero-order chi connectivity index (χ0) is 14.9. The van der Waals surface area contributed by atoms with Crippen molar-refractivity contribution < 1.29 is 4.74 Å². The topological polar surface area (TPSA) is 35.0 Å². The molecule has 2 aromatic rings. The van der Waals surface area contributed by atoms with E-state index in [4.69, 9.17) is 16.3 Å². The molecule has 0 unspecified atom stereocenters. The maximum absolute atomic E-state index is 6.04. The summed E-state index contributed by atoms with van der Waals surface area (Å²) in [6.07, 6.45) is 0. The van der Waals surface area contributed by atoms with Gasteiger partial charge in [-0.15, -0.1) is 10.2 Å². The van der Waals surface area contributed by atoms with Gasteiger partial charge in [0.05, 0.1) is 0 Å². The van der Waals surface area contributed by atoms with Crippen LogP contribution < -0.4 is 4.74 Å². The third kappa shape index (κ3) is 3.30. The van der Waals surface area contributed by atoms with E-state index in [-0.39, 0.29) is 5.92 Å². The van der Waals surface area contributed by atoms with E-state index in [0.29, 0.717) is 11.0 Å². The lowest BCUT2D eigenvalue weighted by Gasteiger charge is -2.13. The van der Waals surface area contributed by atoms with Gasteiger partial charge in [-0.25, -0.2) is 0 Å². The average molecular weight is 356 g/mol. The Morgan fingerprint density at radius 2 is 1.70 bits per heavy atom. The number of benzene rings is 1. The quantitative estimate of drug-likeness (QED) is 0.737. The van der Waals surface area contributed by atoms with Gasteiger partial charge in [0, 0.05) is 10.5 Å². The summed E-state index contributed by atoms with van der Waals surface area (Å²) in [4.78, 5) is 0. The van der Waals surface area contributed by atoms with E-state index in [2.05, 4.69) is 40.0 Å². The minimum absolute atomic E-state index is 0.271. The van der Waals surface area contributed by atoms with Crippen LogP contribution in [0.25, 0.3) is 0 Å². The van der Waals surface area contributed by atoms with Crippen molar-refractivity contribution in [2.75, 3.05) is 0 Å². The molecule has 1 aromatic heterocycles. The van der Waals surface area contributed by atoms with E-state index in [1.165, 1.54) is 0 Å². The molecule has 0 bridgehead atoms. The molecule has 1 aromatic carbocycles. The molecule has 2 rings (SSSR count). The molecule has 0 aliphatic carbocycles. The molecule has 3 nitrogen and oxygen atoms in total. The van der Waals surface area contributed by atoms with Crippen molar-refractivity contribution in [2.24, 2.45) is 0 Å². The number of nitrogens with zero attached hydrogens (tertiary/aromatic N) is 2. The molecule has 0 aliphatic heterocycles. The van der Waals surface area contributed by atoms with Crippen molar-refractivity contribution in [1.29, 1.82) is 0 Å². The fraction of sp³-hybridized carbons (Fsp3) is 0.333. The van der Waals surface area contributed by atoms with E-state index in [0.717, 1.165) is 26.9 Å². The Hall–Kier alpha value is -1.13. The van der Waals surface area contributed by atoms with Crippen LogP contribution in [-0.4, -0.2) is 10.2 Å². The Bertz CT molecular complexity index is 621. The molecular weight excluding hydrogens is 340 g/mol. The predicted octanol–water partition coefficient (Wildman–Crippen LogP) is 5.43. The van der Waals surface area contributed by atoms with Gasteiger partial charge >= 0.3 is 0 Å². The zero-order valence-electron chi connectivity index (χ0n) is 11.9. The molecule has 0 radical (unpaired) electrons. The van der Waals surface area contributed by atoms with Gasteiger partial charge in [-0.05, 0) is 48.6 Å². The number of aryl methyl sites for hydroxylation is 2. The Morgan fingerprint density at radius 3 is 2.25 bits per heavy atom. The number of halogens is 2. The maximum Gasteiger partial charge on any atom is 0.239 e. The third-order valence-corrected chi connectivity index (χ3v) is 3.76. The van der Waals surface area contributed by atoms with E-state index >= 15 is 0 Å². The fourth-order valence-corrected chi connectivity index (χ4v) is 2.99. The third-order valence-electron chi connectivity index (χ3n) is 3.01. The second-order valence-electron chi connectivity index (χ2n) is 5.05. The Kier molecular flexibility index (Phi) is 4.66. The highest BCUT2D eigenvalue weighted by molar-refractivity contribution is 9.10. The summed E-state index contributed by atoms with van der Waals surface area (Å²) in [6.45, 7) is 8.12. The van der Waals surface area contributed by atoms with Gasteiger partial charge in [0.1, 0.15) is 5.75 Å². The van der Waals surface area contributed by atoms with E-state index in [1.54, 1.807) is 0 Å². The summed E-state index contributed by atoms with van der Waals surface area (Å²) in [5.41, 5.74) is 3.02. The first-order valence-electron chi connectivity index (χ1n) is 6.36. The summed E-state index contributed by atoms with van der Waals surface area (Å²) in [5.74, 6) is 1.54. The molecule has 20 heavy (non-hydrogen) atoms. The van der Waals surface area contributed by atoms with Crippen molar-refractivity contribution in [3.63, 3.8) is 0 Å². The summed E-state index contributed by atoms with van der Waals surface area (Å²) >= 11 is 9.51. The van der Waals surface area contributed by atoms with E-state index in [9.17, 15) is 0 Å². The van der Waals surface area contributed by atoms with Crippen LogP contribution in [-0.2, 0) is 0 Å². The largest absolute Gasteiger partial charge is 0.437 e. The minimum atomic E-state index is 0.271. The monoisotopic (exact) mass is 354 g/mol. The number of hydrogen-bond acceptors (Lipinski definition) is 3. The second-order valence-corrected chi connectivity index (χ2v) is 6.33. The van der Waals surface area contributed by atoms with Crippen molar-refractivity contribution in [3.8, 4) is 11.6 Å². The SMILES string of the molecule is Cc1cc(Br)cc(C)c1Oc1cc(C(C)C)c(Cl)nn1. The van der Waals surface area contributed by atoms with Gasteiger partial charge in [0.25, 0.3) is 0 Å². The highest BCUT2D eigenvalue weighted by atomic mass is 79.9. The van der Waals surface area contributed by atoms with Crippen LogP contribution in [0.1, 0.15) is 36.5 Å². The second kappa shape index (κ2) is 6.10. The molecule has 0 atom stereocenters. The first-order valence-corrected chi connectivity index (χ1v) is 7.53. The zero-order valence-corrected chi connectivity index (χ0v) is 14.2. The first kappa shape index (κ1) is 15.3. The molecule has 5 heteroatoms. The van der Waals surface area contributed by atoms with Crippen LogP contribution in [0.3, 0.4) is 0 Å². The molecule has 1 heterocycles. The van der Waals surface area contributed by atoms with Crippen LogP contribution in [0.4, 0.5) is 0 Å². The minimum Gasteiger partial charge on any atom is -0.437 e. The van der Waals surface area contributed by atoms with Crippen molar-refractivity contribution in [3.05, 3.63) is 44.5 Å². The van der Waals surface area contributed by atoms with Gasteiger partial charge < -0.3 is 4.74 Å². The van der Waals surface area contributed by atoms with Crippen LogP contribution >= 0.6 is 27.5 Å². The molecule has 0 saturated heterocycles. The van der Waals surface area contributed by atoms with Gasteiger partial charge in [-0.1, -0.05) is 41.4 Å². The van der Waals surface area contributed by atoms with Crippen LogP contribution in [0.2, 0.25) is 5.15 Å². The molecule has 0 amide bonds. The normalized spacial score (nSPS) is 10.9. The smallest absolute Gasteiger partial charge is 0.239 e. The standard InChI is InChI=1S/C15H16BrClN2O/c1-8(2)12-7-13(18-19-15(12)17)20-14-9(3)5-11(16)6-10(14)4/h5-8H,1-4H3. The Balaban J connectivity index is 2.38. The van der Waals surface area contributed by atoms with Crippen molar-refractivity contribution >= 4 is 27.5 Å². The molecule has 0 saturated carbocycles. The van der Waals surface area contributed by atoms with Gasteiger partial charge in [-0.2, -0.15) is 0 Å². The van der Waals surface area contributed by atoms with Crippen molar-refractivity contribution in [1.82, 2.24) is 10.2 Å². The highest BCUT2D eigenvalue weighted by Gasteiger charge is 2.12. The van der Waals surface area contributed by atoms with Crippen LogP contribution in [0, 0.1) is 13.8 Å². The molecule has 0 fully saturated rings. The molecule has 0 N–H and O–H groups in total. The van der Waals surface area contributed by atoms with Crippen LogP contribution in [0.5, 0.6) is 11.6 Å². The molecule has 0 spiro atoms. The lowest BCUT2D eigenvalue weighted by Crippen LogP contribution is -1.99. The average Bonchev–Trinajstić information content (AvgIpc) is 2.35. The van der Waals surface area contributed by atoms with Gasteiger partial charge in [0.15, 0.2) is 5.15 Å². The highest BCUT2D eigenvalue weighted by Crippen LogP contribution is 2.32. The number of rotatable bonds is 3. The summed E-state index contributed by atoms with van der Waals surface area (Å²) in [5, 5.41) is 8.39. The van der Waals surface area contributed by atoms with E-state index in [1.807, 2.05) is 32.0 Å². The lowest BCUT2D eigenvalue weighted by molar-refractivity contribution is 0.447.